The van der Waals surface area contributed by atoms with Gasteiger partial charge in [-0.25, -0.2) is 0 Å². The molecule has 0 aliphatic rings. The van der Waals surface area contributed by atoms with Crippen LogP contribution in [0.5, 0.6) is 5.75 Å². The Morgan fingerprint density at radius 1 is 1.59 bits per heavy atom. The molecule has 0 heterocycles. The fourth-order valence-corrected chi connectivity index (χ4v) is 1.47. The standard InChI is InChI=1S/C14H17NO2/c1-3-4-13(16)7-8-17-14-6-5-12(10-15)11(2)9-14/h3,5-6,9,13,16H,1,4,7-8H2,2H3. The van der Waals surface area contributed by atoms with Gasteiger partial charge in [-0.2, -0.15) is 5.26 Å². The molecule has 0 bridgehead atoms. The maximum atomic E-state index is 9.47. The van der Waals surface area contributed by atoms with Crippen LogP contribution in [0.4, 0.5) is 0 Å². The normalized spacial score (nSPS) is 11.6. The number of ether oxygens (including phenoxy) is 1. The minimum absolute atomic E-state index is 0.396. The molecule has 0 saturated carbocycles. The lowest BCUT2D eigenvalue weighted by molar-refractivity contribution is 0.142. The van der Waals surface area contributed by atoms with E-state index in [2.05, 4.69) is 12.6 Å². The van der Waals surface area contributed by atoms with Crippen molar-refractivity contribution in [3.8, 4) is 11.8 Å². The summed E-state index contributed by atoms with van der Waals surface area (Å²) in [5.41, 5.74) is 1.56. The van der Waals surface area contributed by atoms with Crippen LogP contribution in [0, 0.1) is 18.3 Å². The second-order valence-electron chi connectivity index (χ2n) is 3.90. The van der Waals surface area contributed by atoms with Crippen LogP contribution in [0.25, 0.3) is 0 Å². The van der Waals surface area contributed by atoms with Gasteiger partial charge in [0.1, 0.15) is 5.75 Å². The van der Waals surface area contributed by atoms with Crippen LogP contribution in [-0.4, -0.2) is 17.8 Å². The van der Waals surface area contributed by atoms with Crippen LogP contribution in [0.1, 0.15) is 24.0 Å². The second kappa shape index (κ2) is 6.72. The molecule has 0 fully saturated rings. The predicted octanol–water partition coefficient (Wildman–Crippen LogP) is 2.57. The van der Waals surface area contributed by atoms with Crippen molar-refractivity contribution in [2.75, 3.05) is 6.61 Å². The van der Waals surface area contributed by atoms with Gasteiger partial charge in [0.2, 0.25) is 0 Å². The van der Waals surface area contributed by atoms with E-state index in [1.54, 1.807) is 18.2 Å². The van der Waals surface area contributed by atoms with Crippen molar-refractivity contribution in [3.63, 3.8) is 0 Å². The molecule has 17 heavy (non-hydrogen) atoms. The number of rotatable bonds is 6. The third-order valence-electron chi connectivity index (χ3n) is 2.48. The molecular formula is C14H17NO2. The lowest BCUT2D eigenvalue weighted by Gasteiger charge is -2.10. The van der Waals surface area contributed by atoms with E-state index in [1.165, 1.54) is 0 Å². The Balaban J connectivity index is 2.45. The van der Waals surface area contributed by atoms with E-state index in [0.717, 1.165) is 11.3 Å². The maximum absolute atomic E-state index is 9.47. The van der Waals surface area contributed by atoms with E-state index in [9.17, 15) is 5.11 Å². The molecule has 0 saturated heterocycles. The van der Waals surface area contributed by atoms with Crippen molar-refractivity contribution < 1.29 is 9.84 Å². The first kappa shape index (κ1) is 13.3. The molecule has 3 nitrogen and oxygen atoms in total. The van der Waals surface area contributed by atoms with E-state index in [4.69, 9.17) is 10.00 Å². The first-order chi connectivity index (χ1) is 8.17. The van der Waals surface area contributed by atoms with Gasteiger partial charge in [-0.3, -0.25) is 0 Å². The van der Waals surface area contributed by atoms with Gasteiger partial charge in [-0.05, 0) is 37.1 Å². The Kier molecular flexibility index (Phi) is 5.25. The SMILES string of the molecule is C=CCC(O)CCOc1ccc(C#N)c(C)c1. The minimum Gasteiger partial charge on any atom is -0.493 e. The Bertz CT molecular complexity index is 421. The molecule has 90 valence electrons. The highest BCUT2D eigenvalue weighted by molar-refractivity contribution is 5.41. The molecule has 0 radical (unpaired) electrons. The highest BCUT2D eigenvalue weighted by Gasteiger charge is 2.03. The van der Waals surface area contributed by atoms with Crippen LogP contribution < -0.4 is 4.74 Å². The van der Waals surface area contributed by atoms with Crippen molar-refractivity contribution in [3.05, 3.63) is 42.0 Å². The molecule has 0 spiro atoms. The van der Waals surface area contributed by atoms with Gasteiger partial charge in [0.25, 0.3) is 0 Å². The zero-order chi connectivity index (χ0) is 12.7. The Morgan fingerprint density at radius 2 is 2.35 bits per heavy atom. The maximum Gasteiger partial charge on any atom is 0.119 e. The van der Waals surface area contributed by atoms with E-state index in [1.807, 2.05) is 13.0 Å². The summed E-state index contributed by atoms with van der Waals surface area (Å²) in [6, 6.07) is 7.45. The molecule has 3 heteroatoms. The van der Waals surface area contributed by atoms with Gasteiger partial charge in [0, 0.05) is 6.42 Å². The molecule has 0 aliphatic heterocycles. The molecule has 0 aliphatic carbocycles. The Morgan fingerprint density at radius 3 is 2.94 bits per heavy atom. The number of aryl methyl sites for hydroxylation is 1. The van der Waals surface area contributed by atoms with Crippen LogP contribution in [-0.2, 0) is 0 Å². The number of hydrogen-bond acceptors (Lipinski definition) is 3. The van der Waals surface area contributed by atoms with E-state index in [0.29, 0.717) is 25.0 Å². The number of aliphatic hydroxyl groups excluding tert-OH is 1. The average Bonchev–Trinajstić information content (AvgIpc) is 2.29. The fourth-order valence-electron chi connectivity index (χ4n) is 1.47. The summed E-state index contributed by atoms with van der Waals surface area (Å²) >= 11 is 0. The molecule has 1 atom stereocenters. The van der Waals surface area contributed by atoms with Crippen molar-refractivity contribution in [2.24, 2.45) is 0 Å². The van der Waals surface area contributed by atoms with Gasteiger partial charge >= 0.3 is 0 Å². The van der Waals surface area contributed by atoms with E-state index >= 15 is 0 Å². The number of nitriles is 1. The highest BCUT2D eigenvalue weighted by atomic mass is 16.5. The molecule has 0 aromatic heterocycles. The largest absolute Gasteiger partial charge is 0.493 e. The second-order valence-corrected chi connectivity index (χ2v) is 3.90. The molecule has 1 rings (SSSR count). The third kappa shape index (κ3) is 4.29. The molecule has 1 aromatic carbocycles. The summed E-state index contributed by atoms with van der Waals surface area (Å²) in [4.78, 5) is 0. The highest BCUT2D eigenvalue weighted by Crippen LogP contribution is 2.17. The number of hydrogen-bond donors (Lipinski definition) is 1. The van der Waals surface area contributed by atoms with Gasteiger partial charge in [-0.15, -0.1) is 6.58 Å². The minimum atomic E-state index is -0.396. The number of benzene rings is 1. The zero-order valence-electron chi connectivity index (χ0n) is 10.0. The predicted molar refractivity (Wildman–Crippen MR) is 66.8 cm³/mol. The molecule has 1 aromatic rings. The monoisotopic (exact) mass is 231 g/mol. The first-order valence-electron chi connectivity index (χ1n) is 5.60. The van der Waals surface area contributed by atoms with Gasteiger partial charge in [0.15, 0.2) is 0 Å². The van der Waals surface area contributed by atoms with Crippen LogP contribution >= 0.6 is 0 Å². The smallest absolute Gasteiger partial charge is 0.119 e. The van der Waals surface area contributed by atoms with Crippen molar-refractivity contribution >= 4 is 0 Å². The molecule has 1 N–H and O–H groups in total. The lowest BCUT2D eigenvalue weighted by Crippen LogP contribution is -2.10. The van der Waals surface area contributed by atoms with Crippen LogP contribution in [0.3, 0.4) is 0 Å². The van der Waals surface area contributed by atoms with Crippen molar-refractivity contribution in [1.82, 2.24) is 0 Å². The van der Waals surface area contributed by atoms with Crippen molar-refractivity contribution in [2.45, 2.75) is 25.9 Å². The average molecular weight is 231 g/mol. The summed E-state index contributed by atoms with van der Waals surface area (Å²) in [5, 5.41) is 18.3. The summed E-state index contributed by atoms with van der Waals surface area (Å²) in [5.74, 6) is 0.729. The van der Waals surface area contributed by atoms with Gasteiger partial charge < -0.3 is 9.84 Å². The van der Waals surface area contributed by atoms with E-state index < -0.39 is 6.10 Å². The lowest BCUT2D eigenvalue weighted by atomic mass is 10.1. The topological polar surface area (TPSA) is 53.2 Å². The molecule has 0 amide bonds. The number of nitrogens with zero attached hydrogens (tertiary/aromatic N) is 1. The van der Waals surface area contributed by atoms with Gasteiger partial charge in [-0.1, -0.05) is 6.08 Å². The Labute approximate surface area is 102 Å². The van der Waals surface area contributed by atoms with Gasteiger partial charge in [0.05, 0.1) is 24.3 Å². The first-order valence-corrected chi connectivity index (χ1v) is 5.60. The zero-order valence-corrected chi connectivity index (χ0v) is 10.0. The summed E-state index contributed by atoms with van der Waals surface area (Å²) < 4.78 is 5.50. The number of aliphatic hydroxyl groups is 1. The summed E-state index contributed by atoms with van der Waals surface area (Å²) in [6.07, 6.45) is 2.45. The van der Waals surface area contributed by atoms with E-state index in [-0.39, 0.29) is 0 Å². The van der Waals surface area contributed by atoms with Crippen LogP contribution in [0.2, 0.25) is 0 Å². The summed E-state index contributed by atoms with van der Waals surface area (Å²) in [7, 11) is 0. The fraction of sp³-hybridized carbons (Fsp3) is 0.357. The summed E-state index contributed by atoms with van der Waals surface area (Å²) in [6.45, 7) is 5.90. The third-order valence-corrected chi connectivity index (χ3v) is 2.48. The quantitative estimate of drug-likeness (QED) is 0.765. The van der Waals surface area contributed by atoms with Crippen LogP contribution in [0.15, 0.2) is 30.9 Å². The Hall–Kier alpha value is -1.79. The molecular weight excluding hydrogens is 214 g/mol. The van der Waals surface area contributed by atoms with Crippen molar-refractivity contribution in [1.29, 1.82) is 5.26 Å². The molecule has 1 unspecified atom stereocenters.